The Kier molecular flexibility index (Phi) is 6.55. The maximum atomic E-state index is 10.5. The lowest BCUT2D eigenvalue weighted by atomic mass is 10.1. The number of non-ortho nitro benzene ring substituents is 1. The fraction of sp³-hybridized carbons (Fsp3) is 0.333. The summed E-state index contributed by atoms with van der Waals surface area (Å²) in [6.07, 6.45) is 0. The molecule has 0 aliphatic carbocycles. The van der Waals surface area contributed by atoms with E-state index in [2.05, 4.69) is 15.9 Å². The molecule has 0 fully saturated rings. The Morgan fingerprint density at radius 1 is 1.00 bits per heavy atom. The van der Waals surface area contributed by atoms with Crippen molar-refractivity contribution in [2.75, 3.05) is 5.33 Å². The topological polar surface area (TPSA) is 129 Å². The molecule has 9 nitrogen and oxygen atoms in total. The van der Waals surface area contributed by atoms with E-state index in [1.807, 2.05) is 6.92 Å². The summed E-state index contributed by atoms with van der Waals surface area (Å²) in [6.45, 7) is 3.21. The Morgan fingerprint density at radius 3 is 1.53 bits per heavy atom. The highest BCUT2D eigenvalue weighted by atomic mass is 79.9. The van der Waals surface area contributed by atoms with Gasteiger partial charge in [-0.3, -0.25) is 30.3 Å². The molecule has 0 amide bonds. The van der Waals surface area contributed by atoms with Crippen LogP contribution in [0.25, 0.3) is 0 Å². The second kappa shape index (κ2) is 7.36. The minimum absolute atomic E-state index is 0.208. The number of halogens is 1. The second-order valence-electron chi connectivity index (χ2n) is 3.15. The quantitative estimate of drug-likeness (QED) is 0.473. The van der Waals surface area contributed by atoms with E-state index in [1.54, 1.807) is 0 Å². The number of rotatable bonds is 3. The van der Waals surface area contributed by atoms with Crippen LogP contribution in [-0.2, 0) is 0 Å². The maximum Gasteiger partial charge on any atom is 0.286 e. The van der Waals surface area contributed by atoms with Gasteiger partial charge in [0.1, 0.15) is 5.56 Å². The summed E-state index contributed by atoms with van der Waals surface area (Å²) >= 11 is 3.15. The Hall–Kier alpha value is -2.10. The minimum atomic E-state index is -0.917. The first kappa shape index (κ1) is 16.9. The number of hydrogen-bond acceptors (Lipinski definition) is 6. The molecule has 1 rings (SSSR count). The van der Waals surface area contributed by atoms with Crippen molar-refractivity contribution in [3.63, 3.8) is 0 Å². The summed E-state index contributed by atoms with van der Waals surface area (Å²) in [5.74, 6) is 0. The first-order chi connectivity index (χ1) is 8.76. The first-order valence-corrected chi connectivity index (χ1v) is 6.02. The van der Waals surface area contributed by atoms with Crippen molar-refractivity contribution in [3.05, 3.63) is 48.0 Å². The lowest BCUT2D eigenvalue weighted by molar-refractivity contribution is -0.403. The highest BCUT2D eigenvalue weighted by Gasteiger charge is 2.27. The molecular weight excluding hydrogens is 326 g/mol. The first-order valence-electron chi connectivity index (χ1n) is 4.90. The number of nitro benzene ring substituents is 3. The molecule has 0 unspecified atom stereocenters. The van der Waals surface area contributed by atoms with Gasteiger partial charge in [0.2, 0.25) is 0 Å². The van der Waals surface area contributed by atoms with Crippen LogP contribution in [0, 0.1) is 37.3 Å². The van der Waals surface area contributed by atoms with E-state index < -0.39 is 31.8 Å². The normalized spacial score (nSPS) is 9.21. The van der Waals surface area contributed by atoms with Gasteiger partial charge in [-0.2, -0.15) is 0 Å². The van der Waals surface area contributed by atoms with Gasteiger partial charge in [-0.1, -0.05) is 22.9 Å². The average Bonchev–Trinajstić information content (AvgIpc) is 2.29. The highest BCUT2D eigenvalue weighted by molar-refractivity contribution is 9.09. The van der Waals surface area contributed by atoms with Crippen molar-refractivity contribution in [2.45, 2.75) is 13.8 Å². The molecule has 10 heteroatoms. The van der Waals surface area contributed by atoms with E-state index >= 15 is 0 Å². The Labute approximate surface area is 115 Å². The van der Waals surface area contributed by atoms with E-state index in [4.69, 9.17) is 0 Å². The molecule has 104 valence electrons. The van der Waals surface area contributed by atoms with Gasteiger partial charge in [0.05, 0.1) is 26.9 Å². The molecule has 0 spiro atoms. The molecule has 0 aliphatic rings. The predicted octanol–water partition coefficient (Wildman–Crippen LogP) is 3.12. The van der Waals surface area contributed by atoms with Crippen molar-refractivity contribution in [1.82, 2.24) is 0 Å². The van der Waals surface area contributed by atoms with Gasteiger partial charge in [-0.05, 0) is 6.92 Å². The zero-order valence-electron chi connectivity index (χ0n) is 10.0. The van der Waals surface area contributed by atoms with Crippen molar-refractivity contribution in [3.8, 4) is 0 Å². The predicted molar refractivity (Wildman–Crippen MR) is 70.6 cm³/mol. The third kappa shape index (κ3) is 4.58. The molecule has 0 saturated heterocycles. The molecule has 0 aromatic heterocycles. The lowest BCUT2D eigenvalue weighted by Gasteiger charge is -1.99. The molecule has 19 heavy (non-hydrogen) atoms. The molecule has 0 N–H and O–H groups in total. The molecule has 0 atom stereocenters. The second-order valence-corrected chi connectivity index (χ2v) is 4.27. The third-order valence-electron chi connectivity index (χ3n) is 1.94. The fourth-order valence-corrected chi connectivity index (χ4v) is 1.15. The Bertz CT molecular complexity index is 484. The lowest BCUT2D eigenvalue weighted by Crippen LogP contribution is -2.00. The van der Waals surface area contributed by atoms with Crippen LogP contribution in [0.15, 0.2) is 12.1 Å². The summed E-state index contributed by atoms with van der Waals surface area (Å²) in [4.78, 5) is 28.8. The van der Waals surface area contributed by atoms with Gasteiger partial charge in [0, 0.05) is 5.33 Å². The largest absolute Gasteiger partial charge is 0.286 e. The third-order valence-corrected chi connectivity index (χ3v) is 1.94. The van der Waals surface area contributed by atoms with Crippen LogP contribution >= 0.6 is 15.9 Å². The van der Waals surface area contributed by atoms with Gasteiger partial charge in [0.15, 0.2) is 0 Å². The summed E-state index contributed by atoms with van der Waals surface area (Å²) in [5.41, 5.74) is -2.16. The van der Waals surface area contributed by atoms with Crippen LogP contribution < -0.4 is 0 Å². The van der Waals surface area contributed by atoms with Crippen LogP contribution in [0.1, 0.15) is 12.5 Å². The summed E-state index contributed by atoms with van der Waals surface area (Å²) in [6, 6.07) is 1.39. The van der Waals surface area contributed by atoms with E-state index in [0.29, 0.717) is 12.1 Å². The van der Waals surface area contributed by atoms with Crippen LogP contribution in [0.3, 0.4) is 0 Å². The molecule has 0 saturated carbocycles. The zero-order valence-corrected chi connectivity index (χ0v) is 11.6. The van der Waals surface area contributed by atoms with Crippen molar-refractivity contribution < 1.29 is 14.8 Å². The molecule has 1 aromatic carbocycles. The van der Waals surface area contributed by atoms with E-state index in [0.717, 1.165) is 5.33 Å². The Balaban J connectivity index is 0.000000982. The molecule has 0 radical (unpaired) electrons. The summed E-state index contributed by atoms with van der Waals surface area (Å²) in [7, 11) is 0. The van der Waals surface area contributed by atoms with Crippen LogP contribution in [0.2, 0.25) is 0 Å². The zero-order chi connectivity index (χ0) is 15.2. The van der Waals surface area contributed by atoms with Crippen LogP contribution in [0.5, 0.6) is 0 Å². The monoisotopic (exact) mass is 335 g/mol. The van der Waals surface area contributed by atoms with Gasteiger partial charge < -0.3 is 0 Å². The molecule has 1 aromatic rings. The van der Waals surface area contributed by atoms with E-state index in [-0.39, 0.29) is 5.56 Å². The number of nitro groups is 3. The molecule has 0 heterocycles. The van der Waals surface area contributed by atoms with Gasteiger partial charge in [-0.15, -0.1) is 0 Å². The average molecular weight is 336 g/mol. The molecule has 0 bridgehead atoms. The fourth-order valence-electron chi connectivity index (χ4n) is 1.15. The highest BCUT2D eigenvalue weighted by Crippen LogP contribution is 2.32. The van der Waals surface area contributed by atoms with Gasteiger partial charge in [0.25, 0.3) is 17.1 Å². The molecule has 0 aliphatic heterocycles. The maximum absolute atomic E-state index is 10.5. The standard InChI is InChI=1S/C7H5N3O6.C2H5Br/c1-4-6(9(13)14)2-5(8(11)12)3-7(4)10(15)16;1-2-3/h2-3H,1H3;2H2,1H3. The number of hydrogen-bond donors (Lipinski definition) is 0. The van der Waals surface area contributed by atoms with E-state index in [1.165, 1.54) is 6.92 Å². The summed E-state index contributed by atoms with van der Waals surface area (Å²) in [5, 5.41) is 32.5. The summed E-state index contributed by atoms with van der Waals surface area (Å²) < 4.78 is 0. The smallest absolute Gasteiger partial charge is 0.258 e. The number of nitrogens with zero attached hydrogens (tertiary/aromatic N) is 3. The number of alkyl halides is 1. The number of benzene rings is 1. The van der Waals surface area contributed by atoms with Crippen molar-refractivity contribution in [2.24, 2.45) is 0 Å². The van der Waals surface area contributed by atoms with Gasteiger partial charge >= 0.3 is 0 Å². The van der Waals surface area contributed by atoms with Crippen LogP contribution in [-0.4, -0.2) is 20.1 Å². The molecular formula is C9H10BrN3O6. The minimum Gasteiger partial charge on any atom is -0.258 e. The van der Waals surface area contributed by atoms with Gasteiger partial charge in [-0.25, -0.2) is 0 Å². The van der Waals surface area contributed by atoms with Crippen LogP contribution in [0.4, 0.5) is 17.1 Å². The van der Waals surface area contributed by atoms with Crippen molar-refractivity contribution >= 4 is 33.0 Å². The SMILES string of the molecule is CCBr.Cc1c([N+](=O)[O-])cc([N+](=O)[O-])cc1[N+](=O)[O-]. The Morgan fingerprint density at radius 2 is 1.32 bits per heavy atom. The van der Waals surface area contributed by atoms with Crippen molar-refractivity contribution in [1.29, 1.82) is 0 Å². The van der Waals surface area contributed by atoms with E-state index in [9.17, 15) is 30.3 Å².